The van der Waals surface area contributed by atoms with Crippen molar-refractivity contribution in [2.45, 2.75) is 19.4 Å². The van der Waals surface area contributed by atoms with Crippen LogP contribution in [0, 0.1) is 0 Å². The average Bonchev–Trinajstić information content (AvgIpc) is 2.18. The summed E-state index contributed by atoms with van der Waals surface area (Å²) in [4.78, 5) is 3.91. The summed E-state index contributed by atoms with van der Waals surface area (Å²) in [5, 5.41) is 13.5. The second kappa shape index (κ2) is 3.53. The monoisotopic (exact) mass is 179 g/mol. The number of rotatable bonds is 2. The molecule has 1 atom stereocenters. The van der Waals surface area contributed by atoms with Crippen molar-refractivity contribution < 1.29 is 5.11 Å². The quantitative estimate of drug-likeness (QED) is 0.397. The third kappa shape index (κ3) is 1.84. The number of hydrogen-bond acceptors (Lipinski definition) is 4. The number of aromatic nitrogens is 1. The van der Waals surface area contributed by atoms with Gasteiger partial charge in [0.1, 0.15) is 5.60 Å². The van der Waals surface area contributed by atoms with Gasteiger partial charge in [0, 0.05) is 18.0 Å². The molecule has 1 aromatic rings. The molecular formula is C9H13N3O. The first kappa shape index (κ1) is 9.67. The van der Waals surface area contributed by atoms with Gasteiger partial charge in [-0.05, 0) is 19.9 Å². The third-order valence-electron chi connectivity index (χ3n) is 2.12. The van der Waals surface area contributed by atoms with E-state index in [-0.39, 0.29) is 0 Å². The fourth-order valence-electron chi connectivity index (χ4n) is 0.985. The Kier molecular flexibility index (Phi) is 2.63. The van der Waals surface area contributed by atoms with E-state index in [2.05, 4.69) is 10.1 Å². The van der Waals surface area contributed by atoms with Crippen molar-refractivity contribution >= 4 is 5.71 Å². The van der Waals surface area contributed by atoms with E-state index in [1.165, 1.54) is 0 Å². The minimum Gasteiger partial charge on any atom is -0.379 e. The summed E-state index contributed by atoms with van der Waals surface area (Å²) in [7, 11) is 0. The smallest absolute Gasteiger partial charge is 0.128 e. The van der Waals surface area contributed by atoms with Gasteiger partial charge in [-0.25, -0.2) is 0 Å². The zero-order chi connectivity index (χ0) is 9.90. The zero-order valence-electron chi connectivity index (χ0n) is 7.73. The SMILES string of the molecule is CC(=NN)C(C)(O)c1cccnc1. The molecule has 0 radical (unpaired) electrons. The van der Waals surface area contributed by atoms with Crippen molar-refractivity contribution in [3.63, 3.8) is 0 Å². The van der Waals surface area contributed by atoms with Gasteiger partial charge >= 0.3 is 0 Å². The van der Waals surface area contributed by atoms with Crippen LogP contribution in [0.2, 0.25) is 0 Å². The van der Waals surface area contributed by atoms with Crippen molar-refractivity contribution in [1.82, 2.24) is 4.98 Å². The van der Waals surface area contributed by atoms with Gasteiger partial charge in [0.2, 0.25) is 0 Å². The van der Waals surface area contributed by atoms with E-state index >= 15 is 0 Å². The van der Waals surface area contributed by atoms with Crippen LogP contribution in [0.1, 0.15) is 19.4 Å². The van der Waals surface area contributed by atoms with Crippen LogP contribution < -0.4 is 5.84 Å². The van der Waals surface area contributed by atoms with Gasteiger partial charge in [0.25, 0.3) is 0 Å². The molecule has 70 valence electrons. The minimum absolute atomic E-state index is 0.459. The van der Waals surface area contributed by atoms with Crippen LogP contribution in [0.5, 0.6) is 0 Å². The Morgan fingerprint density at radius 2 is 2.38 bits per heavy atom. The Bertz CT molecular complexity index is 306. The molecule has 13 heavy (non-hydrogen) atoms. The van der Waals surface area contributed by atoms with E-state index in [4.69, 9.17) is 5.84 Å². The zero-order valence-corrected chi connectivity index (χ0v) is 7.73. The molecule has 0 aliphatic heterocycles. The molecule has 1 aromatic heterocycles. The van der Waals surface area contributed by atoms with E-state index in [1.54, 1.807) is 38.4 Å². The van der Waals surface area contributed by atoms with E-state index in [0.29, 0.717) is 11.3 Å². The maximum atomic E-state index is 10.0. The molecule has 0 amide bonds. The predicted octanol–water partition coefficient (Wildman–Crippen LogP) is 0.624. The lowest BCUT2D eigenvalue weighted by molar-refractivity contribution is 0.131. The molecule has 1 unspecified atom stereocenters. The van der Waals surface area contributed by atoms with Crippen LogP contribution >= 0.6 is 0 Å². The van der Waals surface area contributed by atoms with Gasteiger partial charge < -0.3 is 10.9 Å². The molecule has 0 aliphatic carbocycles. The largest absolute Gasteiger partial charge is 0.379 e. The first-order valence-corrected chi connectivity index (χ1v) is 3.97. The van der Waals surface area contributed by atoms with Gasteiger partial charge in [-0.1, -0.05) is 6.07 Å². The molecular weight excluding hydrogens is 166 g/mol. The maximum Gasteiger partial charge on any atom is 0.128 e. The molecule has 0 fully saturated rings. The third-order valence-corrected chi connectivity index (χ3v) is 2.12. The molecule has 0 aliphatic rings. The first-order chi connectivity index (χ1) is 6.09. The number of hydrazone groups is 1. The van der Waals surface area contributed by atoms with Crippen molar-refractivity contribution in [3.8, 4) is 0 Å². The highest BCUT2D eigenvalue weighted by Crippen LogP contribution is 2.20. The van der Waals surface area contributed by atoms with Crippen LogP contribution in [-0.4, -0.2) is 15.8 Å². The maximum absolute atomic E-state index is 10.0. The molecule has 0 saturated carbocycles. The highest BCUT2D eigenvalue weighted by Gasteiger charge is 2.26. The second-order valence-corrected chi connectivity index (χ2v) is 3.03. The van der Waals surface area contributed by atoms with E-state index in [1.807, 2.05) is 0 Å². The second-order valence-electron chi connectivity index (χ2n) is 3.03. The van der Waals surface area contributed by atoms with E-state index < -0.39 is 5.60 Å². The Hall–Kier alpha value is -1.42. The van der Waals surface area contributed by atoms with E-state index in [0.717, 1.165) is 0 Å². The summed E-state index contributed by atoms with van der Waals surface area (Å²) in [5.41, 5.74) is 0.00502. The summed E-state index contributed by atoms with van der Waals surface area (Å²) < 4.78 is 0. The van der Waals surface area contributed by atoms with E-state index in [9.17, 15) is 5.11 Å². The van der Waals surface area contributed by atoms with Crippen molar-refractivity contribution in [2.75, 3.05) is 0 Å². The van der Waals surface area contributed by atoms with Crippen molar-refractivity contribution in [2.24, 2.45) is 10.9 Å². The summed E-state index contributed by atoms with van der Waals surface area (Å²) >= 11 is 0. The Balaban J connectivity index is 3.08. The van der Waals surface area contributed by atoms with Crippen molar-refractivity contribution in [1.29, 1.82) is 0 Å². The Labute approximate surface area is 77.1 Å². The highest BCUT2D eigenvalue weighted by molar-refractivity contribution is 5.90. The summed E-state index contributed by atoms with van der Waals surface area (Å²) in [6.07, 6.45) is 3.24. The molecule has 0 spiro atoms. The molecule has 4 heteroatoms. The van der Waals surface area contributed by atoms with Gasteiger partial charge in [0.05, 0.1) is 5.71 Å². The molecule has 0 aromatic carbocycles. The Morgan fingerprint density at radius 3 is 2.85 bits per heavy atom. The van der Waals surface area contributed by atoms with Crippen molar-refractivity contribution in [3.05, 3.63) is 30.1 Å². The van der Waals surface area contributed by atoms with Gasteiger partial charge in [-0.3, -0.25) is 4.98 Å². The van der Waals surface area contributed by atoms with Crippen LogP contribution in [0.3, 0.4) is 0 Å². The lowest BCUT2D eigenvalue weighted by Gasteiger charge is -2.22. The van der Waals surface area contributed by atoms with Crippen LogP contribution in [0.25, 0.3) is 0 Å². The molecule has 1 heterocycles. The number of pyridine rings is 1. The molecule has 3 N–H and O–H groups in total. The topological polar surface area (TPSA) is 71.5 Å². The van der Waals surface area contributed by atoms with Crippen LogP contribution in [-0.2, 0) is 5.60 Å². The van der Waals surface area contributed by atoms with Gasteiger partial charge in [-0.15, -0.1) is 0 Å². The molecule has 0 bridgehead atoms. The molecule has 4 nitrogen and oxygen atoms in total. The fraction of sp³-hybridized carbons (Fsp3) is 0.333. The fourth-order valence-corrected chi connectivity index (χ4v) is 0.985. The lowest BCUT2D eigenvalue weighted by Crippen LogP contribution is -2.31. The van der Waals surface area contributed by atoms with Gasteiger partial charge in [-0.2, -0.15) is 5.10 Å². The van der Waals surface area contributed by atoms with Crippen LogP contribution in [0.4, 0.5) is 0 Å². The number of nitrogens with two attached hydrogens (primary N) is 1. The first-order valence-electron chi connectivity index (χ1n) is 3.97. The number of aliphatic hydroxyl groups is 1. The standard InChI is InChI=1S/C9H13N3O/c1-7(12-10)9(2,13)8-4-3-5-11-6-8/h3-6,13H,10H2,1-2H3. The summed E-state index contributed by atoms with van der Waals surface area (Å²) in [5.74, 6) is 5.10. The summed E-state index contributed by atoms with van der Waals surface area (Å²) in [6, 6.07) is 3.54. The molecule has 0 saturated heterocycles. The highest BCUT2D eigenvalue weighted by atomic mass is 16.3. The number of hydrogen-bond donors (Lipinski definition) is 2. The Morgan fingerprint density at radius 1 is 1.69 bits per heavy atom. The average molecular weight is 179 g/mol. The van der Waals surface area contributed by atoms with Crippen LogP contribution in [0.15, 0.2) is 29.6 Å². The predicted molar refractivity (Wildman–Crippen MR) is 51.1 cm³/mol. The summed E-state index contributed by atoms with van der Waals surface area (Å²) in [6.45, 7) is 3.31. The molecule has 1 rings (SSSR count). The number of nitrogens with zero attached hydrogens (tertiary/aromatic N) is 2. The lowest BCUT2D eigenvalue weighted by atomic mass is 9.93. The normalized spacial score (nSPS) is 16.7. The minimum atomic E-state index is -1.14. The van der Waals surface area contributed by atoms with Gasteiger partial charge in [0.15, 0.2) is 0 Å².